The van der Waals surface area contributed by atoms with E-state index in [-0.39, 0.29) is 5.56 Å². The number of benzene rings is 1. The van der Waals surface area contributed by atoms with Crippen molar-refractivity contribution in [2.75, 3.05) is 19.7 Å². The molecule has 0 aliphatic carbocycles. The number of halogens is 1. The zero-order valence-corrected chi connectivity index (χ0v) is 12.3. The van der Waals surface area contributed by atoms with E-state index in [1.54, 1.807) is 6.92 Å². The maximum Gasteiger partial charge on any atom is 0.325 e. The Bertz CT molecular complexity index is 589. The Morgan fingerprint density at radius 1 is 1.09 bits per heavy atom. The van der Waals surface area contributed by atoms with Gasteiger partial charge in [-0.15, -0.1) is 0 Å². The summed E-state index contributed by atoms with van der Waals surface area (Å²) in [5, 5.41) is 6.53. The molecule has 0 atom stereocenters. The second-order valence-corrected chi connectivity index (χ2v) is 4.26. The average molecular weight is 325 g/mol. The molecule has 1 rings (SSSR count). The molecular formula is C14H16FN3O5. The molecule has 0 aromatic heterocycles. The summed E-state index contributed by atoms with van der Waals surface area (Å²) in [6, 6.07) is 4.04. The van der Waals surface area contributed by atoms with Crippen molar-refractivity contribution in [3.8, 4) is 0 Å². The van der Waals surface area contributed by atoms with Crippen LogP contribution in [-0.2, 0) is 14.3 Å². The van der Waals surface area contributed by atoms with Crippen LogP contribution in [0.15, 0.2) is 24.3 Å². The number of hydrogen-bond acceptors (Lipinski definition) is 5. The Balaban J connectivity index is 2.28. The zero-order valence-electron chi connectivity index (χ0n) is 12.3. The van der Waals surface area contributed by atoms with Gasteiger partial charge < -0.3 is 15.4 Å². The van der Waals surface area contributed by atoms with Crippen molar-refractivity contribution in [2.45, 2.75) is 6.92 Å². The summed E-state index contributed by atoms with van der Waals surface area (Å²) in [5.41, 5.74) is 0.174. The Labute approximate surface area is 131 Å². The van der Waals surface area contributed by atoms with Crippen LogP contribution in [0.5, 0.6) is 0 Å². The first kappa shape index (κ1) is 18.1. The first-order chi connectivity index (χ1) is 10.9. The Morgan fingerprint density at radius 2 is 1.74 bits per heavy atom. The van der Waals surface area contributed by atoms with Crippen LogP contribution in [-0.4, -0.2) is 43.5 Å². The molecule has 0 unspecified atom stereocenters. The van der Waals surface area contributed by atoms with Crippen molar-refractivity contribution in [1.82, 2.24) is 16.0 Å². The lowest BCUT2D eigenvalue weighted by Crippen LogP contribution is -2.41. The molecule has 0 fully saturated rings. The highest BCUT2D eigenvalue weighted by atomic mass is 19.1. The molecule has 4 amide bonds. The molecule has 8 nitrogen and oxygen atoms in total. The molecule has 3 N–H and O–H groups in total. The van der Waals surface area contributed by atoms with Crippen LogP contribution in [0.4, 0.5) is 9.18 Å². The van der Waals surface area contributed by atoms with E-state index >= 15 is 0 Å². The summed E-state index contributed by atoms with van der Waals surface area (Å²) in [6.07, 6.45) is 0. The van der Waals surface area contributed by atoms with Gasteiger partial charge in [-0.3, -0.25) is 19.7 Å². The highest BCUT2D eigenvalue weighted by Gasteiger charge is 2.12. The first-order valence-electron chi connectivity index (χ1n) is 6.69. The number of urea groups is 1. The van der Waals surface area contributed by atoms with Gasteiger partial charge in [0.25, 0.3) is 11.8 Å². The monoisotopic (exact) mass is 325 g/mol. The van der Waals surface area contributed by atoms with Gasteiger partial charge in [-0.25, -0.2) is 9.18 Å². The first-order valence-corrected chi connectivity index (χ1v) is 6.69. The number of carbonyl (C=O) groups is 4. The fourth-order valence-corrected chi connectivity index (χ4v) is 1.42. The van der Waals surface area contributed by atoms with Crippen molar-refractivity contribution < 1.29 is 28.3 Å². The Morgan fingerprint density at radius 3 is 2.35 bits per heavy atom. The van der Waals surface area contributed by atoms with E-state index in [9.17, 15) is 23.6 Å². The fraction of sp³-hybridized carbons (Fsp3) is 0.286. The topological polar surface area (TPSA) is 114 Å². The fourth-order valence-electron chi connectivity index (χ4n) is 1.42. The van der Waals surface area contributed by atoms with E-state index in [1.165, 1.54) is 12.1 Å². The van der Waals surface area contributed by atoms with E-state index in [4.69, 9.17) is 0 Å². The minimum absolute atomic E-state index is 0.174. The molecule has 0 bridgehead atoms. The standard InChI is InChI=1S/C14H16FN3O5/c1-2-16-14(22)18-11(19)8-23-12(20)7-17-13(21)9-3-5-10(15)6-4-9/h3-6H,2,7-8H2,1H3,(H,17,21)(H2,16,18,19,22). The largest absolute Gasteiger partial charge is 0.454 e. The average Bonchev–Trinajstić information content (AvgIpc) is 2.51. The second kappa shape index (κ2) is 9.13. The molecule has 1 aromatic carbocycles. The molecule has 0 aliphatic heterocycles. The molecule has 1 aromatic rings. The van der Waals surface area contributed by atoms with Crippen LogP contribution in [0.25, 0.3) is 0 Å². The lowest BCUT2D eigenvalue weighted by molar-refractivity contribution is -0.147. The number of esters is 1. The lowest BCUT2D eigenvalue weighted by atomic mass is 10.2. The van der Waals surface area contributed by atoms with E-state index in [0.29, 0.717) is 6.54 Å². The maximum atomic E-state index is 12.7. The molecule has 0 saturated carbocycles. The van der Waals surface area contributed by atoms with Crippen LogP contribution >= 0.6 is 0 Å². The van der Waals surface area contributed by atoms with Crippen molar-refractivity contribution in [3.05, 3.63) is 35.6 Å². The second-order valence-electron chi connectivity index (χ2n) is 4.26. The van der Waals surface area contributed by atoms with Crippen LogP contribution < -0.4 is 16.0 Å². The molecular weight excluding hydrogens is 309 g/mol. The van der Waals surface area contributed by atoms with Crippen molar-refractivity contribution in [1.29, 1.82) is 0 Å². The molecule has 0 spiro atoms. The van der Waals surface area contributed by atoms with Crippen LogP contribution in [0.1, 0.15) is 17.3 Å². The zero-order chi connectivity index (χ0) is 17.2. The molecule has 0 heterocycles. The van der Waals surface area contributed by atoms with Crippen LogP contribution in [0, 0.1) is 5.82 Å². The predicted octanol–water partition coefficient (Wildman–Crippen LogP) is -0.0556. The number of imide groups is 1. The summed E-state index contributed by atoms with van der Waals surface area (Å²) < 4.78 is 17.3. The molecule has 9 heteroatoms. The van der Waals surface area contributed by atoms with E-state index in [2.05, 4.69) is 15.4 Å². The summed E-state index contributed by atoms with van der Waals surface area (Å²) in [7, 11) is 0. The van der Waals surface area contributed by atoms with Gasteiger partial charge in [-0.2, -0.15) is 0 Å². The van der Waals surface area contributed by atoms with Crippen LogP contribution in [0.3, 0.4) is 0 Å². The molecule has 0 aliphatic rings. The number of amides is 4. The van der Waals surface area contributed by atoms with Gasteiger partial charge >= 0.3 is 12.0 Å². The maximum absolute atomic E-state index is 12.7. The van der Waals surface area contributed by atoms with E-state index < -0.39 is 42.8 Å². The van der Waals surface area contributed by atoms with Gasteiger partial charge in [-0.1, -0.05) is 0 Å². The third-order valence-electron chi connectivity index (χ3n) is 2.45. The van der Waals surface area contributed by atoms with E-state index in [1.807, 2.05) is 5.32 Å². The summed E-state index contributed by atoms with van der Waals surface area (Å²) in [5.74, 6) is -2.73. The number of nitrogens with one attached hydrogen (secondary N) is 3. The van der Waals surface area contributed by atoms with Crippen molar-refractivity contribution in [2.24, 2.45) is 0 Å². The van der Waals surface area contributed by atoms with Gasteiger partial charge in [0.1, 0.15) is 12.4 Å². The number of carbonyl (C=O) groups excluding carboxylic acids is 4. The number of rotatable bonds is 6. The van der Waals surface area contributed by atoms with Gasteiger partial charge in [-0.05, 0) is 31.2 Å². The van der Waals surface area contributed by atoms with Gasteiger partial charge in [0, 0.05) is 12.1 Å². The van der Waals surface area contributed by atoms with Crippen molar-refractivity contribution >= 4 is 23.8 Å². The molecule has 0 radical (unpaired) electrons. The van der Waals surface area contributed by atoms with Gasteiger partial charge in [0.2, 0.25) is 0 Å². The number of hydrogen-bond donors (Lipinski definition) is 3. The molecule has 0 saturated heterocycles. The SMILES string of the molecule is CCNC(=O)NC(=O)COC(=O)CNC(=O)c1ccc(F)cc1. The highest BCUT2D eigenvalue weighted by Crippen LogP contribution is 2.02. The normalized spacial score (nSPS) is 9.65. The molecule has 23 heavy (non-hydrogen) atoms. The smallest absolute Gasteiger partial charge is 0.325 e. The number of ether oxygens (including phenoxy) is 1. The molecule has 124 valence electrons. The quantitative estimate of drug-likeness (QED) is 0.634. The predicted molar refractivity (Wildman–Crippen MR) is 76.9 cm³/mol. The summed E-state index contributed by atoms with van der Waals surface area (Å²) in [4.78, 5) is 45.3. The lowest BCUT2D eigenvalue weighted by Gasteiger charge is -2.07. The van der Waals surface area contributed by atoms with Gasteiger partial charge in [0.15, 0.2) is 6.61 Å². The van der Waals surface area contributed by atoms with Crippen LogP contribution in [0.2, 0.25) is 0 Å². The minimum atomic E-state index is -0.855. The Kier molecular flexibility index (Phi) is 7.18. The minimum Gasteiger partial charge on any atom is -0.454 e. The third-order valence-corrected chi connectivity index (χ3v) is 2.45. The summed E-state index contributed by atoms with van der Waals surface area (Å²) >= 11 is 0. The summed E-state index contributed by atoms with van der Waals surface area (Å²) in [6.45, 7) is 0.898. The van der Waals surface area contributed by atoms with E-state index in [0.717, 1.165) is 12.1 Å². The van der Waals surface area contributed by atoms with Gasteiger partial charge in [0.05, 0.1) is 0 Å². The Hall–Kier alpha value is -2.97. The third kappa shape index (κ3) is 7.02. The van der Waals surface area contributed by atoms with Crippen molar-refractivity contribution in [3.63, 3.8) is 0 Å². The highest BCUT2D eigenvalue weighted by molar-refractivity contribution is 5.97.